The van der Waals surface area contributed by atoms with E-state index in [1.165, 1.54) is 16.7 Å². The number of nitrogens with zero attached hydrogens (tertiary/aromatic N) is 1. The van der Waals surface area contributed by atoms with Gasteiger partial charge < -0.3 is 9.72 Å². The summed E-state index contributed by atoms with van der Waals surface area (Å²) in [5, 5.41) is 0. The molecule has 0 amide bonds. The Morgan fingerprint density at radius 2 is 1.70 bits per heavy atom. The summed E-state index contributed by atoms with van der Waals surface area (Å²) >= 11 is 0. The predicted molar refractivity (Wildman–Crippen MR) is 94.6 cm³/mol. The van der Waals surface area contributed by atoms with E-state index in [1.807, 2.05) is 13.0 Å². The third-order valence-electron chi connectivity index (χ3n) is 4.24. The maximum atomic E-state index is 6.04. The third kappa shape index (κ3) is 3.62. The van der Waals surface area contributed by atoms with Crippen LogP contribution in [0.3, 0.4) is 0 Å². The quantitative estimate of drug-likeness (QED) is 0.697. The molecule has 0 aliphatic heterocycles. The summed E-state index contributed by atoms with van der Waals surface area (Å²) in [6, 6.07) is 15.0. The monoisotopic (exact) mass is 308 g/mol. The van der Waals surface area contributed by atoms with Gasteiger partial charge in [-0.05, 0) is 48.6 Å². The van der Waals surface area contributed by atoms with Crippen LogP contribution in [0.1, 0.15) is 55.3 Å². The van der Waals surface area contributed by atoms with Gasteiger partial charge in [0.1, 0.15) is 5.82 Å². The maximum absolute atomic E-state index is 6.04. The molecule has 0 aliphatic carbocycles. The van der Waals surface area contributed by atoms with Gasteiger partial charge in [0.05, 0.1) is 23.7 Å². The van der Waals surface area contributed by atoms with Crippen molar-refractivity contribution >= 4 is 11.0 Å². The molecule has 0 radical (unpaired) electrons. The fraction of sp³-hybridized carbons (Fsp3) is 0.350. The molecule has 120 valence electrons. The zero-order chi connectivity index (χ0) is 16.4. The number of hydrogen-bond acceptors (Lipinski definition) is 2. The minimum atomic E-state index is 0.0489. The van der Waals surface area contributed by atoms with E-state index in [4.69, 9.17) is 4.74 Å². The summed E-state index contributed by atoms with van der Waals surface area (Å²) < 4.78 is 6.04. The van der Waals surface area contributed by atoms with Gasteiger partial charge in [-0.25, -0.2) is 4.98 Å². The van der Waals surface area contributed by atoms with Gasteiger partial charge >= 0.3 is 0 Å². The van der Waals surface area contributed by atoms with Crippen LogP contribution in [-0.4, -0.2) is 9.97 Å². The van der Waals surface area contributed by atoms with Crippen molar-refractivity contribution in [3.63, 3.8) is 0 Å². The molecule has 2 aromatic carbocycles. The van der Waals surface area contributed by atoms with E-state index in [9.17, 15) is 0 Å². The van der Waals surface area contributed by atoms with Gasteiger partial charge in [0.15, 0.2) is 0 Å². The van der Waals surface area contributed by atoms with E-state index in [-0.39, 0.29) is 6.10 Å². The fourth-order valence-corrected chi connectivity index (χ4v) is 2.72. The number of fused-ring (bicyclic) bond motifs is 1. The van der Waals surface area contributed by atoms with Gasteiger partial charge in [-0.15, -0.1) is 0 Å². The Morgan fingerprint density at radius 3 is 2.39 bits per heavy atom. The van der Waals surface area contributed by atoms with E-state index in [2.05, 4.69) is 67.1 Å². The minimum Gasteiger partial charge on any atom is -0.369 e. The summed E-state index contributed by atoms with van der Waals surface area (Å²) in [5.74, 6) is 1.50. The molecule has 1 heterocycles. The number of benzene rings is 2. The number of aryl methyl sites for hydroxylation is 1. The van der Waals surface area contributed by atoms with Gasteiger partial charge in [0.25, 0.3) is 0 Å². The Bertz CT molecular complexity index is 787. The largest absolute Gasteiger partial charge is 0.369 e. The van der Waals surface area contributed by atoms with Crippen molar-refractivity contribution in [1.82, 2.24) is 9.97 Å². The summed E-state index contributed by atoms with van der Waals surface area (Å²) in [6.07, 6.45) is 0.0489. The molecule has 0 aliphatic rings. The molecule has 1 unspecified atom stereocenters. The summed E-state index contributed by atoms with van der Waals surface area (Å²) in [4.78, 5) is 7.71. The van der Waals surface area contributed by atoms with E-state index in [0.29, 0.717) is 12.5 Å². The first kappa shape index (κ1) is 15.8. The van der Waals surface area contributed by atoms with Gasteiger partial charge in [0.2, 0.25) is 0 Å². The molecule has 0 spiro atoms. The van der Waals surface area contributed by atoms with Crippen LogP contribution in [0.25, 0.3) is 11.0 Å². The molecule has 3 rings (SSSR count). The number of aromatic amines is 1. The number of hydrogen-bond donors (Lipinski definition) is 1. The standard InChI is InChI=1S/C20H24N2O/c1-13(2)17-7-5-16(6-8-17)12-23-14(3)18-9-10-19-20(11-18)22-15(4)21-19/h5-11,13-14H,12H2,1-4H3,(H,21,22). The molecular weight excluding hydrogens is 284 g/mol. The molecule has 3 aromatic rings. The third-order valence-corrected chi connectivity index (χ3v) is 4.24. The number of ether oxygens (including phenoxy) is 1. The van der Waals surface area contributed by atoms with Crippen LogP contribution >= 0.6 is 0 Å². The average Bonchev–Trinajstić information content (AvgIpc) is 2.92. The summed E-state index contributed by atoms with van der Waals surface area (Å²) in [6.45, 7) is 9.11. The Kier molecular flexibility index (Phi) is 4.49. The Hall–Kier alpha value is -2.13. The second kappa shape index (κ2) is 6.55. The Morgan fingerprint density at radius 1 is 1.00 bits per heavy atom. The smallest absolute Gasteiger partial charge is 0.104 e. The van der Waals surface area contributed by atoms with Crippen LogP contribution in [0.4, 0.5) is 0 Å². The molecular formula is C20H24N2O. The molecule has 0 bridgehead atoms. The molecule has 3 nitrogen and oxygen atoms in total. The molecule has 23 heavy (non-hydrogen) atoms. The maximum Gasteiger partial charge on any atom is 0.104 e. The first-order valence-corrected chi connectivity index (χ1v) is 8.19. The van der Waals surface area contributed by atoms with Crippen LogP contribution in [0.5, 0.6) is 0 Å². The highest BCUT2D eigenvalue weighted by molar-refractivity contribution is 5.75. The van der Waals surface area contributed by atoms with E-state index in [0.717, 1.165) is 16.9 Å². The number of H-pyrrole nitrogens is 1. The van der Waals surface area contributed by atoms with E-state index in [1.54, 1.807) is 0 Å². The lowest BCUT2D eigenvalue weighted by atomic mass is 10.0. The molecule has 1 atom stereocenters. The van der Waals surface area contributed by atoms with Crippen molar-refractivity contribution in [2.75, 3.05) is 0 Å². The second-order valence-electron chi connectivity index (χ2n) is 6.45. The zero-order valence-electron chi connectivity index (χ0n) is 14.3. The number of rotatable bonds is 5. The Balaban J connectivity index is 1.66. The number of nitrogens with one attached hydrogen (secondary N) is 1. The SMILES string of the molecule is Cc1nc2ccc(C(C)OCc3ccc(C(C)C)cc3)cc2[nH]1. The molecule has 1 aromatic heterocycles. The first-order valence-electron chi connectivity index (χ1n) is 8.19. The molecule has 0 saturated carbocycles. The van der Waals surface area contributed by atoms with E-state index >= 15 is 0 Å². The predicted octanol–water partition coefficient (Wildman–Crippen LogP) is 5.27. The minimum absolute atomic E-state index is 0.0489. The molecule has 0 fully saturated rings. The molecule has 1 N–H and O–H groups in total. The van der Waals surface area contributed by atoms with Crippen LogP contribution in [0.15, 0.2) is 42.5 Å². The lowest BCUT2D eigenvalue weighted by Crippen LogP contribution is -2.01. The highest BCUT2D eigenvalue weighted by Crippen LogP contribution is 2.23. The van der Waals surface area contributed by atoms with Crippen LogP contribution in [0, 0.1) is 6.92 Å². The van der Waals surface area contributed by atoms with Crippen molar-refractivity contribution < 1.29 is 4.74 Å². The normalized spacial score (nSPS) is 12.9. The Labute approximate surface area is 137 Å². The lowest BCUT2D eigenvalue weighted by molar-refractivity contribution is 0.0526. The van der Waals surface area contributed by atoms with Crippen molar-refractivity contribution in [3.8, 4) is 0 Å². The lowest BCUT2D eigenvalue weighted by Gasteiger charge is -2.14. The van der Waals surface area contributed by atoms with Crippen LogP contribution < -0.4 is 0 Å². The number of aromatic nitrogens is 2. The van der Waals surface area contributed by atoms with Crippen LogP contribution in [0.2, 0.25) is 0 Å². The first-order chi connectivity index (χ1) is 11.0. The zero-order valence-corrected chi connectivity index (χ0v) is 14.3. The summed E-state index contributed by atoms with van der Waals surface area (Å²) in [5.41, 5.74) is 5.81. The van der Waals surface area contributed by atoms with Crippen LogP contribution in [-0.2, 0) is 11.3 Å². The van der Waals surface area contributed by atoms with Crippen molar-refractivity contribution in [2.45, 2.75) is 46.3 Å². The topological polar surface area (TPSA) is 37.9 Å². The summed E-state index contributed by atoms with van der Waals surface area (Å²) in [7, 11) is 0. The highest BCUT2D eigenvalue weighted by atomic mass is 16.5. The number of imidazole rings is 1. The highest BCUT2D eigenvalue weighted by Gasteiger charge is 2.09. The van der Waals surface area contributed by atoms with Crippen molar-refractivity contribution in [3.05, 3.63) is 65.0 Å². The fourth-order valence-electron chi connectivity index (χ4n) is 2.72. The van der Waals surface area contributed by atoms with Crippen molar-refractivity contribution in [1.29, 1.82) is 0 Å². The van der Waals surface area contributed by atoms with Gasteiger partial charge in [-0.3, -0.25) is 0 Å². The molecule has 0 saturated heterocycles. The second-order valence-corrected chi connectivity index (χ2v) is 6.45. The van der Waals surface area contributed by atoms with E-state index < -0.39 is 0 Å². The van der Waals surface area contributed by atoms with Gasteiger partial charge in [-0.1, -0.05) is 44.2 Å². The van der Waals surface area contributed by atoms with Gasteiger partial charge in [-0.2, -0.15) is 0 Å². The average molecular weight is 308 g/mol. The van der Waals surface area contributed by atoms with Crippen molar-refractivity contribution in [2.24, 2.45) is 0 Å². The van der Waals surface area contributed by atoms with Gasteiger partial charge in [0, 0.05) is 0 Å². The molecule has 3 heteroatoms.